The van der Waals surface area contributed by atoms with Gasteiger partial charge in [-0.05, 0) is 51.3 Å². The second kappa shape index (κ2) is 7.38. The molecule has 1 aromatic rings. The number of hydrogen-bond donors (Lipinski definition) is 1. The highest BCUT2D eigenvalue weighted by Crippen LogP contribution is 2.21. The number of halogens is 2. The summed E-state index contributed by atoms with van der Waals surface area (Å²) < 4.78 is 18.5. The number of likely N-dealkylation sites (tertiary alicyclic amines) is 1. The fraction of sp³-hybridized carbons (Fsp3) is 0.529. The van der Waals surface area contributed by atoms with Gasteiger partial charge in [0, 0.05) is 13.1 Å². The third-order valence-corrected chi connectivity index (χ3v) is 3.92. The normalized spacial score (nSPS) is 17.7. The highest BCUT2D eigenvalue weighted by molar-refractivity contribution is 6.30. The molecule has 0 radical (unpaired) electrons. The van der Waals surface area contributed by atoms with Crippen molar-refractivity contribution in [3.63, 3.8) is 0 Å². The number of carbonyl (C=O) groups is 2. The van der Waals surface area contributed by atoms with Gasteiger partial charge in [0.2, 0.25) is 5.91 Å². The van der Waals surface area contributed by atoms with Crippen molar-refractivity contribution >= 4 is 23.6 Å². The summed E-state index contributed by atoms with van der Waals surface area (Å²) in [6.07, 6.45) is 0.861. The Balaban J connectivity index is 1.95. The largest absolute Gasteiger partial charge is 0.444 e. The van der Waals surface area contributed by atoms with Crippen molar-refractivity contribution in [2.45, 2.75) is 51.8 Å². The zero-order chi connectivity index (χ0) is 17.9. The Hall–Kier alpha value is -1.82. The molecule has 0 bridgehead atoms. The summed E-state index contributed by atoms with van der Waals surface area (Å²) in [4.78, 5) is 26.0. The molecule has 5 nitrogen and oxygen atoms in total. The average Bonchev–Trinajstić information content (AvgIpc) is 2.96. The summed E-state index contributed by atoms with van der Waals surface area (Å²) in [5, 5.41) is 2.78. The lowest BCUT2D eigenvalue weighted by Gasteiger charge is -2.28. The van der Waals surface area contributed by atoms with Gasteiger partial charge < -0.3 is 10.1 Å². The second-order valence-electron chi connectivity index (χ2n) is 6.80. The minimum Gasteiger partial charge on any atom is -0.444 e. The van der Waals surface area contributed by atoms with Gasteiger partial charge in [-0.1, -0.05) is 17.7 Å². The van der Waals surface area contributed by atoms with E-state index < -0.39 is 23.6 Å². The Bertz CT molecular complexity index is 631. The van der Waals surface area contributed by atoms with Gasteiger partial charge in [-0.2, -0.15) is 0 Å². The van der Waals surface area contributed by atoms with Crippen LogP contribution in [0, 0.1) is 5.82 Å². The summed E-state index contributed by atoms with van der Waals surface area (Å²) in [6.45, 7) is 6.07. The Kier molecular flexibility index (Phi) is 5.70. The van der Waals surface area contributed by atoms with Crippen LogP contribution < -0.4 is 5.32 Å². The second-order valence-corrected chi connectivity index (χ2v) is 7.21. The van der Waals surface area contributed by atoms with Crippen LogP contribution in [-0.4, -0.2) is 35.1 Å². The van der Waals surface area contributed by atoms with Gasteiger partial charge in [0.25, 0.3) is 0 Å². The van der Waals surface area contributed by atoms with E-state index in [1.165, 1.54) is 17.0 Å². The molecular weight excluding hydrogens is 335 g/mol. The zero-order valence-electron chi connectivity index (χ0n) is 14.1. The number of benzene rings is 1. The Morgan fingerprint density at radius 2 is 2.12 bits per heavy atom. The maximum Gasteiger partial charge on any atom is 0.410 e. The topological polar surface area (TPSA) is 58.6 Å². The molecule has 7 heteroatoms. The van der Waals surface area contributed by atoms with E-state index in [4.69, 9.17) is 16.3 Å². The lowest BCUT2D eigenvalue weighted by atomic mass is 10.2. The molecule has 1 N–H and O–H groups in total. The highest BCUT2D eigenvalue weighted by Gasteiger charge is 2.36. The molecule has 0 unspecified atom stereocenters. The molecule has 24 heavy (non-hydrogen) atoms. The molecule has 1 aromatic carbocycles. The first-order valence-electron chi connectivity index (χ1n) is 7.88. The Morgan fingerprint density at radius 1 is 1.42 bits per heavy atom. The maximum absolute atomic E-state index is 13.1. The van der Waals surface area contributed by atoms with Crippen molar-refractivity contribution in [3.8, 4) is 0 Å². The van der Waals surface area contributed by atoms with E-state index in [1.807, 2.05) is 0 Å². The lowest BCUT2D eigenvalue weighted by Crippen LogP contribution is -2.47. The maximum atomic E-state index is 13.1. The van der Waals surface area contributed by atoms with E-state index in [0.29, 0.717) is 18.5 Å². The molecule has 2 amide bonds. The lowest BCUT2D eigenvalue weighted by molar-refractivity contribution is -0.125. The van der Waals surface area contributed by atoms with E-state index >= 15 is 0 Å². The monoisotopic (exact) mass is 356 g/mol. The SMILES string of the molecule is CC(C)(C)OC(=O)N1CCC[C@H]1C(=O)NCc1ccc(F)c(Cl)c1. The zero-order valence-corrected chi connectivity index (χ0v) is 14.8. The average molecular weight is 357 g/mol. The van der Waals surface area contributed by atoms with Crippen LogP contribution in [0.25, 0.3) is 0 Å². The first-order chi connectivity index (χ1) is 11.2. The van der Waals surface area contributed by atoms with Crippen LogP contribution in [0.3, 0.4) is 0 Å². The Labute approximate surface area is 146 Å². The predicted molar refractivity (Wildman–Crippen MR) is 89.2 cm³/mol. The number of carbonyl (C=O) groups excluding carboxylic acids is 2. The fourth-order valence-electron chi connectivity index (χ4n) is 2.53. The molecule has 1 aliphatic heterocycles. The van der Waals surface area contributed by atoms with Gasteiger partial charge in [0.1, 0.15) is 17.5 Å². The number of rotatable bonds is 3. The van der Waals surface area contributed by atoms with Crippen molar-refractivity contribution in [3.05, 3.63) is 34.6 Å². The standard InChI is InChI=1S/C17H22ClFN2O3/c1-17(2,3)24-16(23)21-8-4-5-14(21)15(22)20-10-11-6-7-13(19)12(18)9-11/h6-7,9,14H,4-5,8,10H2,1-3H3,(H,20,22)/t14-/m0/s1. The van der Waals surface area contributed by atoms with Crippen LogP contribution in [0.2, 0.25) is 5.02 Å². The van der Waals surface area contributed by atoms with Crippen molar-refractivity contribution in [1.29, 1.82) is 0 Å². The molecule has 1 saturated heterocycles. The minimum atomic E-state index is -0.606. The molecule has 0 spiro atoms. The molecule has 1 heterocycles. The molecule has 0 saturated carbocycles. The summed E-state index contributed by atoms with van der Waals surface area (Å²) in [5.41, 5.74) is 0.0857. The van der Waals surface area contributed by atoms with Crippen molar-refractivity contribution in [1.82, 2.24) is 10.2 Å². The summed E-state index contributed by atoms with van der Waals surface area (Å²) in [5.74, 6) is -0.752. The molecule has 0 aromatic heterocycles. The summed E-state index contributed by atoms with van der Waals surface area (Å²) in [7, 11) is 0. The van der Waals surface area contributed by atoms with E-state index in [0.717, 1.165) is 6.42 Å². The molecule has 1 atom stereocenters. The van der Waals surface area contributed by atoms with Gasteiger partial charge in [0.15, 0.2) is 0 Å². The summed E-state index contributed by atoms with van der Waals surface area (Å²) >= 11 is 5.73. The molecule has 1 fully saturated rings. The van der Waals surface area contributed by atoms with Gasteiger partial charge in [-0.15, -0.1) is 0 Å². The van der Waals surface area contributed by atoms with E-state index in [1.54, 1.807) is 26.8 Å². The minimum absolute atomic E-state index is 0.0120. The predicted octanol–water partition coefficient (Wildman–Crippen LogP) is 3.49. The molecule has 2 rings (SSSR count). The van der Waals surface area contributed by atoms with Crippen LogP contribution in [0.1, 0.15) is 39.2 Å². The highest BCUT2D eigenvalue weighted by atomic mass is 35.5. The van der Waals surface area contributed by atoms with Gasteiger partial charge in [0.05, 0.1) is 5.02 Å². The van der Waals surface area contributed by atoms with Crippen LogP contribution in [0.4, 0.5) is 9.18 Å². The number of nitrogens with one attached hydrogen (secondary N) is 1. The van der Waals surface area contributed by atoms with Gasteiger partial charge >= 0.3 is 6.09 Å². The first-order valence-corrected chi connectivity index (χ1v) is 8.26. The van der Waals surface area contributed by atoms with Crippen LogP contribution in [0.15, 0.2) is 18.2 Å². The molecule has 0 aliphatic carbocycles. The summed E-state index contributed by atoms with van der Waals surface area (Å²) in [6, 6.07) is 3.74. The van der Waals surface area contributed by atoms with E-state index in [2.05, 4.69) is 5.32 Å². The van der Waals surface area contributed by atoms with Crippen LogP contribution in [0.5, 0.6) is 0 Å². The number of nitrogens with zero attached hydrogens (tertiary/aromatic N) is 1. The molecule has 132 valence electrons. The number of amides is 2. The smallest absolute Gasteiger partial charge is 0.410 e. The van der Waals surface area contributed by atoms with E-state index in [-0.39, 0.29) is 17.5 Å². The number of ether oxygens (including phenoxy) is 1. The van der Waals surface area contributed by atoms with Crippen molar-refractivity contribution in [2.24, 2.45) is 0 Å². The number of hydrogen-bond acceptors (Lipinski definition) is 3. The van der Waals surface area contributed by atoms with Crippen molar-refractivity contribution in [2.75, 3.05) is 6.54 Å². The molecule has 1 aliphatic rings. The fourth-order valence-corrected chi connectivity index (χ4v) is 2.74. The third kappa shape index (κ3) is 4.84. The Morgan fingerprint density at radius 3 is 2.75 bits per heavy atom. The van der Waals surface area contributed by atoms with E-state index in [9.17, 15) is 14.0 Å². The van der Waals surface area contributed by atoms with Crippen LogP contribution >= 0.6 is 11.6 Å². The van der Waals surface area contributed by atoms with Gasteiger partial charge in [-0.25, -0.2) is 9.18 Å². The first kappa shape index (κ1) is 18.5. The molecular formula is C17H22ClFN2O3. The third-order valence-electron chi connectivity index (χ3n) is 3.63. The quantitative estimate of drug-likeness (QED) is 0.901. The van der Waals surface area contributed by atoms with Crippen molar-refractivity contribution < 1.29 is 18.7 Å². The van der Waals surface area contributed by atoms with Crippen LogP contribution in [-0.2, 0) is 16.1 Å². The van der Waals surface area contributed by atoms with Gasteiger partial charge in [-0.3, -0.25) is 9.69 Å².